The Balaban J connectivity index is 1.96. The number of nitrogens with one attached hydrogen (secondary N) is 2. The highest BCUT2D eigenvalue weighted by molar-refractivity contribution is 5.89. The van der Waals surface area contributed by atoms with Crippen LogP contribution in [0.1, 0.15) is 5.56 Å². The number of carbonyl (C=O) groups excluding carboxylic acids is 1. The van der Waals surface area contributed by atoms with E-state index >= 15 is 0 Å². The normalized spacial score (nSPS) is 10.2. The second-order valence-corrected chi connectivity index (χ2v) is 4.01. The van der Waals surface area contributed by atoms with Gasteiger partial charge in [-0.15, -0.1) is 0 Å². The third-order valence-electron chi connectivity index (χ3n) is 2.59. The van der Waals surface area contributed by atoms with E-state index in [1.807, 2.05) is 0 Å². The molecule has 2 aromatic carbocycles. The van der Waals surface area contributed by atoms with Crippen LogP contribution in [0.4, 0.5) is 23.7 Å². The van der Waals surface area contributed by atoms with Crippen molar-refractivity contribution in [3.8, 4) is 0 Å². The summed E-state index contributed by atoms with van der Waals surface area (Å²) in [5.74, 6) is -4.11. The largest absolute Gasteiger partial charge is 0.334 e. The molecule has 6 heteroatoms. The molecule has 0 atom stereocenters. The fourth-order valence-electron chi connectivity index (χ4n) is 1.57. The van der Waals surface area contributed by atoms with Crippen molar-refractivity contribution in [2.45, 2.75) is 6.54 Å². The van der Waals surface area contributed by atoms with E-state index in [2.05, 4.69) is 10.6 Å². The van der Waals surface area contributed by atoms with Gasteiger partial charge in [0.15, 0.2) is 17.5 Å². The van der Waals surface area contributed by atoms with E-state index < -0.39 is 23.5 Å². The molecule has 2 N–H and O–H groups in total. The van der Waals surface area contributed by atoms with E-state index in [1.54, 1.807) is 30.3 Å². The Morgan fingerprint density at radius 1 is 0.950 bits per heavy atom. The van der Waals surface area contributed by atoms with Gasteiger partial charge in [-0.3, -0.25) is 0 Å². The molecule has 2 rings (SSSR count). The molecule has 0 aromatic heterocycles. The van der Waals surface area contributed by atoms with Gasteiger partial charge in [0, 0.05) is 17.8 Å². The van der Waals surface area contributed by atoms with E-state index in [0.29, 0.717) is 5.69 Å². The van der Waals surface area contributed by atoms with E-state index in [1.165, 1.54) is 0 Å². The third-order valence-corrected chi connectivity index (χ3v) is 2.59. The molecule has 0 aliphatic carbocycles. The summed E-state index contributed by atoms with van der Waals surface area (Å²) < 4.78 is 39.1. The Morgan fingerprint density at radius 3 is 2.35 bits per heavy atom. The maximum Gasteiger partial charge on any atom is 0.319 e. The number of carbonyl (C=O) groups is 1. The van der Waals surface area contributed by atoms with Crippen molar-refractivity contribution in [1.82, 2.24) is 5.32 Å². The van der Waals surface area contributed by atoms with Gasteiger partial charge in [0.05, 0.1) is 0 Å². The molecule has 0 saturated carbocycles. The Labute approximate surface area is 113 Å². The molecule has 0 aliphatic rings. The smallest absolute Gasteiger partial charge is 0.319 e. The number of urea groups is 1. The average molecular weight is 280 g/mol. The summed E-state index contributed by atoms with van der Waals surface area (Å²) in [4.78, 5) is 11.5. The summed E-state index contributed by atoms with van der Waals surface area (Å²) in [5.41, 5.74) is 0.433. The SMILES string of the molecule is O=C(NCc1ccc(F)c(F)c1F)Nc1ccccc1. The maximum atomic E-state index is 13.4. The molecule has 104 valence electrons. The Hall–Kier alpha value is -2.50. The second kappa shape index (κ2) is 6.10. The van der Waals surface area contributed by atoms with Gasteiger partial charge in [0.25, 0.3) is 0 Å². The molecule has 0 spiro atoms. The molecule has 0 heterocycles. The number of para-hydroxylation sites is 1. The van der Waals surface area contributed by atoms with Crippen LogP contribution in [0.2, 0.25) is 0 Å². The van der Waals surface area contributed by atoms with Crippen LogP contribution in [-0.2, 0) is 6.54 Å². The molecular weight excluding hydrogens is 269 g/mol. The molecule has 0 radical (unpaired) electrons. The summed E-state index contributed by atoms with van der Waals surface area (Å²) in [6.45, 7) is -0.248. The monoisotopic (exact) mass is 280 g/mol. The van der Waals surface area contributed by atoms with Gasteiger partial charge in [0.1, 0.15) is 0 Å². The molecule has 2 amide bonds. The summed E-state index contributed by atoms with van der Waals surface area (Å²) in [5, 5.41) is 4.87. The van der Waals surface area contributed by atoms with Crippen LogP contribution in [0, 0.1) is 17.5 Å². The molecule has 0 saturated heterocycles. The number of benzene rings is 2. The lowest BCUT2D eigenvalue weighted by Gasteiger charge is -2.08. The van der Waals surface area contributed by atoms with Crippen LogP contribution >= 0.6 is 0 Å². The number of rotatable bonds is 3. The lowest BCUT2D eigenvalue weighted by molar-refractivity contribution is 0.251. The Kier molecular flexibility index (Phi) is 4.24. The van der Waals surface area contributed by atoms with Crippen LogP contribution in [-0.4, -0.2) is 6.03 Å². The molecule has 20 heavy (non-hydrogen) atoms. The van der Waals surface area contributed by atoms with Gasteiger partial charge in [-0.1, -0.05) is 24.3 Å². The zero-order valence-corrected chi connectivity index (χ0v) is 10.3. The summed E-state index contributed by atoms with van der Waals surface area (Å²) >= 11 is 0. The van der Waals surface area contributed by atoms with Crippen molar-refractivity contribution in [2.75, 3.05) is 5.32 Å². The maximum absolute atomic E-state index is 13.4. The number of amides is 2. The van der Waals surface area contributed by atoms with Crippen LogP contribution in [0.15, 0.2) is 42.5 Å². The van der Waals surface area contributed by atoms with Crippen LogP contribution in [0.3, 0.4) is 0 Å². The first-order valence-electron chi connectivity index (χ1n) is 5.80. The molecule has 0 fully saturated rings. The topological polar surface area (TPSA) is 41.1 Å². The number of halogens is 3. The van der Waals surface area contributed by atoms with Crippen molar-refractivity contribution in [2.24, 2.45) is 0 Å². The minimum Gasteiger partial charge on any atom is -0.334 e. The van der Waals surface area contributed by atoms with Gasteiger partial charge in [0.2, 0.25) is 0 Å². The highest BCUT2D eigenvalue weighted by atomic mass is 19.2. The van der Waals surface area contributed by atoms with Crippen molar-refractivity contribution < 1.29 is 18.0 Å². The first-order chi connectivity index (χ1) is 9.58. The van der Waals surface area contributed by atoms with E-state index in [0.717, 1.165) is 12.1 Å². The van der Waals surface area contributed by atoms with Gasteiger partial charge in [-0.05, 0) is 18.2 Å². The predicted octanol–water partition coefficient (Wildman–Crippen LogP) is 3.43. The summed E-state index contributed by atoms with van der Waals surface area (Å²) in [7, 11) is 0. The molecule has 0 unspecified atom stereocenters. The highest BCUT2D eigenvalue weighted by Crippen LogP contribution is 2.15. The first-order valence-corrected chi connectivity index (χ1v) is 5.80. The fourth-order valence-corrected chi connectivity index (χ4v) is 1.57. The second-order valence-electron chi connectivity index (χ2n) is 4.01. The van der Waals surface area contributed by atoms with E-state index in [9.17, 15) is 18.0 Å². The lowest BCUT2D eigenvalue weighted by atomic mass is 10.2. The van der Waals surface area contributed by atoms with Gasteiger partial charge in [-0.2, -0.15) is 0 Å². The molecule has 2 aromatic rings. The number of hydrogen-bond acceptors (Lipinski definition) is 1. The van der Waals surface area contributed by atoms with Crippen molar-refractivity contribution in [1.29, 1.82) is 0 Å². The fraction of sp³-hybridized carbons (Fsp3) is 0.0714. The zero-order valence-electron chi connectivity index (χ0n) is 10.3. The highest BCUT2D eigenvalue weighted by Gasteiger charge is 2.13. The van der Waals surface area contributed by atoms with Crippen molar-refractivity contribution in [3.63, 3.8) is 0 Å². The molecule has 0 bridgehead atoms. The number of hydrogen-bond donors (Lipinski definition) is 2. The van der Waals surface area contributed by atoms with Crippen molar-refractivity contribution in [3.05, 3.63) is 65.5 Å². The van der Waals surface area contributed by atoms with E-state index in [-0.39, 0.29) is 12.1 Å². The summed E-state index contributed by atoms with van der Waals surface area (Å²) in [6, 6.07) is 9.95. The quantitative estimate of drug-likeness (QED) is 0.831. The van der Waals surface area contributed by atoms with E-state index in [4.69, 9.17) is 0 Å². The standard InChI is InChI=1S/C14H11F3N2O/c15-11-7-6-9(12(16)13(11)17)8-18-14(20)19-10-4-2-1-3-5-10/h1-7H,8H2,(H2,18,19,20). The third kappa shape index (κ3) is 3.28. The number of anilines is 1. The van der Waals surface area contributed by atoms with Gasteiger partial charge < -0.3 is 10.6 Å². The van der Waals surface area contributed by atoms with Crippen LogP contribution in [0.5, 0.6) is 0 Å². The van der Waals surface area contributed by atoms with Crippen LogP contribution < -0.4 is 10.6 Å². The van der Waals surface area contributed by atoms with Gasteiger partial charge in [-0.25, -0.2) is 18.0 Å². The Bertz CT molecular complexity index is 617. The predicted molar refractivity (Wildman–Crippen MR) is 68.6 cm³/mol. The lowest BCUT2D eigenvalue weighted by Crippen LogP contribution is -2.28. The van der Waals surface area contributed by atoms with Crippen LogP contribution in [0.25, 0.3) is 0 Å². The molecule has 3 nitrogen and oxygen atoms in total. The minimum atomic E-state index is -1.55. The summed E-state index contributed by atoms with van der Waals surface area (Å²) in [6.07, 6.45) is 0. The molecular formula is C14H11F3N2O. The minimum absolute atomic E-state index is 0.132. The van der Waals surface area contributed by atoms with Crippen molar-refractivity contribution >= 4 is 11.7 Å². The van der Waals surface area contributed by atoms with Gasteiger partial charge >= 0.3 is 6.03 Å². The first kappa shape index (κ1) is 13.9. The zero-order chi connectivity index (χ0) is 14.5. The Morgan fingerprint density at radius 2 is 1.65 bits per heavy atom. The molecule has 0 aliphatic heterocycles. The average Bonchev–Trinajstić information content (AvgIpc) is 2.45.